The average molecular weight is 427 g/mol. The zero-order valence-electron chi connectivity index (χ0n) is 16.6. The van der Waals surface area contributed by atoms with Gasteiger partial charge in [-0.2, -0.15) is 0 Å². The van der Waals surface area contributed by atoms with Gasteiger partial charge >= 0.3 is 11.9 Å². The van der Waals surface area contributed by atoms with Gasteiger partial charge in [0.2, 0.25) is 0 Å². The first-order chi connectivity index (χ1) is 13.7. The molecule has 9 heteroatoms. The topological polar surface area (TPSA) is 107 Å². The number of hydrogen-bond acceptors (Lipinski definition) is 5. The van der Waals surface area contributed by atoms with Crippen molar-refractivity contribution in [1.82, 2.24) is 9.80 Å². The van der Waals surface area contributed by atoms with Gasteiger partial charge in [-0.05, 0) is 44.9 Å². The van der Waals surface area contributed by atoms with Crippen molar-refractivity contribution in [2.24, 2.45) is 0 Å². The summed E-state index contributed by atoms with van der Waals surface area (Å²) >= 11 is 5.99. The number of carbonyl (C=O) groups is 3. The molecular formula is C20H27ClN2O6. The van der Waals surface area contributed by atoms with Crippen molar-refractivity contribution in [2.45, 2.75) is 44.9 Å². The predicted molar refractivity (Wildman–Crippen MR) is 107 cm³/mol. The van der Waals surface area contributed by atoms with Crippen molar-refractivity contribution in [3.05, 3.63) is 34.9 Å². The van der Waals surface area contributed by atoms with Gasteiger partial charge in [0.25, 0.3) is 5.91 Å². The molecule has 2 aliphatic rings. The van der Waals surface area contributed by atoms with E-state index in [0.717, 1.165) is 39.0 Å². The first kappa shape index (κ1) is 23.1. The number of morpholine rings is 1. The minimum atomic E-state index is -1.82. The summed E-state index contributed by atoms with van der Waals surface area (Å²) < 4.78 is 5.82. The Morgan fingerprint density at radius 3 is 2.07 bits per heavy atom. The van der Waals surface area contributed by atoms with Gasteiger partial charge in [-0.25, -0.2) is 9.59 Å². The van der Waals surface area contributed by atoms with Crippen LogP contribution in [0.2, 0.25) is 5.02 Å². The van der Waals surface area contributed by atoms with Crippen molar-refractivity contribution in [1.29, 1.82) is 0 Å². The molecule has 0 bridgehead atoms. The molecular weight excluding hydrogens is 400 g/mol. The van der Waals surface area contributed by atoms with Crippen LogP contribution in [0.3, 0.4) is 0 Å². The van der Waals surface area contributed by atoms with Crippen LogP contribution in [0.5, 0.6) is 0 Å². The van der Waals surface area contributed by atoms with Crippen LogP contribution in [-0.2, 0) is 14.3 Å². The Balaban J connectivity index is 0.000000438. The maximum Gasteiger partial charge on any atom is 0.414 e. The molecule has 29 heavy (non-hydrogen) atoms. The standard InChI is InChI=1S/C18H25ClN2O2.C2H2O4/c1-13-11-21(12-14(2)23-13)17-6-8-20(9-7-17)18(22)15-4-3-5-16(19)10-15;3-1(4)2(5)6/h3-5,10,13-14,17H,6-9,11-12H2,1-2H3;(H,3,4)(H,5,6). The highest BCUT2D eigenvalue weighted by Gasteiger charge is 2.31. The second-order valence-electron chi connectivity index (χ2n) is 7.36. The van der Waals surface area contributed by atoms with Crippen LogP contribution in [-0.4, -0.2) is 82.3 Å². The molecule has 0 radical (unpaired) electrons. The smallest absolute Gasteiger partial charge is 0.414 e. The summed E-state index contributed by atoms with van der Waals surface area (Å²) in [6.07, 6.45) is 2.66. The highest BCUT2D eigenvalue weighted by Crippen LogP contribution is 2.23. The molecule has 2 fully saturated rings. The fourth-order valence-corrected chi connectivity index (χ4v) is 3.94. The molecule has 0 spiro atoms. The second-order valence-corrected chi connectivity index (χ2v) is 7.79. The number of benzene rings is 1. The van der Waals surface area contributed by atoms with E-state index in [1.165, 1.54) is 0 Å². The SMILES string of the molecule is CC1CN(C2CCN(C(=O)c3cccc(Cl)c3)CC2)CC(C)O1.O=C(O)C(=O)O. The number of hydrogen-bond donors (Lipinski definition) is 2. The van der Waals surface area contributed by atoms with E-state index in [4.69, 9.17) is 36.1 Å². The number of carboxylic acid groups (broad SMARTS) is 2. The predicted octanol–water partition coefficient (Wildman–Crippen LogP) is 2.21. The Kier molecular flexibility index (Phi) is 8.43. The fraction of sp³-hybridized carbons (Fsp3) is 0.550. The van der Waals surface area contributed by atoms with E-state index in [2.05, 4.69) is 18.7 Å². The number of ether oxygens (including phenoxy) is 1. The molecule has 1 amide bonds. The van der Waals surface area contributed by atoms with E-state index in [9.17, 15) is 4.79 Å². The molecule has 0 saturated carbocycles. The molecule has 2 unspecified atom stereocenters. The van der Waals surface area contributed by atoms with Crippen molar-refractivity contribution in [3.8, 4) is 0 Å². The quantitative estimate of drug-likeness (QED) is 0.698. The van der Waals surface area contributed by atoms with Crippen LogP contribution in [0.1, 0.15) is 37.0 Å². The van der Waals surface area contributed by atoms with Gasteiger partial charge in [0.15, 0.2) is 0 Å². The molecule has 2 N–H and O–H groups in total. The van der Waals surface area contributed by atoms with Crippen molar-refractivity contribution < 1.29 is 29.3 Å². The highest BCUT2D eigenvalue weighted by atomic mass is 35.5. The fourth-order valence-electron chi connectivity index (χ4n) is 3.75. The summed E-state index contributed by atoms with van der Waals surface area (Å²) in [5, 5.41) is 15.4. The molecule has 2 aliphatic heterocycles. The lowest BCUT2D eigenvalue weighted by molar-refractivity contribution is -0.159. The first-order valence-corrected chi connectivity index (χ1v) is 9.95. The number of rotatable bonds is 2. The summed E-state index contributed by atoms with van der Waals surface area (Å²) in [7, 11) is 0. The third-order valence-electron chi connectivity index (χ3n) is 4.97. The summed E-state index contributed by atoms with van der Waals surface area (Å²) in [5.41, 5.74) is 0.685. The number of piperidine rings is 1. The van der Waals surface area contributed by atoms with Gasteiger partial charge in [-0.1, -0.05) is 17.7 Å². The van der Waals surface area contributed by atoms with Crippen molar-refractivity contribution >= 4 is 29.4 Å². The van der Waals surface area contributed by atoms with Gasteiger partial charge < -0.3 is 19.8 Å². The summed E-state index contributed by atoms with van der Waals surface area (Å²) in [5.74, 6) is -3.56. The van der Waals surface area contributed by atoms with E-state index in [1.807, 2.05) is 17.0 Å². The molecule has 3 rings (SSSR count). The second kappa shape index (κ2) is 10.6. The summed E-state index contributed by atoms with van der Waals surface area (Å²) in [4.78, 5) is 35.3. The molecule has 1 aromatic rings. The molecule has 0 aromatic heterocycles. The van der Waals surface area contributed by atoms with E-state index in [1.54, 1.807) is 12.1 Å². The number of likely N-dealkylation sites (tertiary alicyclic amines) is 1. The summed E-state index contributed by atoms with van der Waals surface area (Å²) in [6.45, 7) is 7.90. The first-order valence-electron chi connectivity index (χ1n) is 9.58. The van der Waals surface area contributed by atoms with E-state index in [-0.39, 0.29) is 5.91 Å². The normalized spacial score (nSPS) is 23.1. The zero-order valence-corrected chi connectivity index (χ0v) is 17.3. The third kappa shape index (κ3) is 6.99. The lowest BCUT2D eigenvalue weighted by atomic mass is 10.0. The zero-order chi connectivity index (χ0) is 21.6. The molecule has 0 aliphatic carbocycles. The number of carboxylic acids is 2. The lowest BCUT2D eigenvalue weighted by Crippen LogP contribution is -2.53. The van der Waals surface area contributed by atoms with Gasteiger partial charge in [-0.3, -0.25) is 9.69 Å². The van der Waals surface area contributed by atoms with Crippen LogP contribution in [0.4, 0.5) is 0 Å². The Morgan fingerprint density at radius 2 is 1.59 bits per heavy atom. The van der Waals surface area contributed by atoms with E-state index < -0.39 is 11.9 Å². The number of carbonyl (C=O) groups excluding carboxylic acids is 1. The van der Waals surface area contributed by atoms with Gasteiger partial charge in [0.1, 0.15) is 0 Å². The maximum absolute atomic E-state index is 12.6. The lowest BCUT2D eigenvalue weighted by Gasteiger charge is -2.43. The van der Waals surface area contributed by atoms with Crippen molar-refractivity contribution in [2.75, 3.05) is 26.2 Å². The van der Waals surface area contributed by atoms with Crippen LogP contribution in [0.25, 0.3) is 0 Å². The number of nitrogens with zero attached hydrogens (tertiary/aromatic N) is 2. The largest absolute Gasteiger partial charge is 0.473 e. The Bertz CT molecular complexity index is 713. The molecule has 1 aromatic carbocycles. The van der Waals surface area contributed by atoms with Crippen LogP contribution < -0.4 is 0 Å². The Morgan fingerprint density at radius 1 is 1.03 bits per heavy atom. The maximum atomic E-state index is 12.6. The number of halogens is 1. The minimum Gasteiger partial charge on any atom is -0.473 e. The van der Waals surface area contributed by atoms with Crippen LogP contribution in [0, 0.1) is 0 Å². The molecule has 2 saturated heterocycles. The molecule has 2 atom stereocenters. The average Bonchev–Trinajstić information content (AvgIpc) is 2.67. The Labute approximate surface area is 175 Å². The van der Waals surface area contributed by atoms with E-state index >= 15 is 0 Å². The van der Waals surface area contributed by atoms with Crippen molar-refractivity contribution in [3.63, 3.8) is 0 Å². The van der Waals surface area contributed by atoms with Gasteiger partial charge in [-0.15, -0.1) is 0 Å². The molecule has 160 valence electrons. The number of amides is 1. The summed E-state index contributed by atoms with van der Waals surface area (Å²) in [6, 6.07) is 7.78. The highest BCUT2D eigenvalue weighted by molar-refractivity contribution is 6.31. The minimum absolute atomic E-state index is 0.0923. The monoisotopic (exact) mass is 426 g/mol. The van der Waals surface area contributed by atoms with Crippen LogP contribution >= 0.6 is 11.6 Å². The third-order valence-corrected chi connectivity index (χ3v) is 5.21. The van der Waals surface area contributed by atoms with E-state index in [0.29, 0.717) is 28.8 Å². The Hall–Kier alpha value is -2.16. The van der Waals surface area contributed by atoms with Crippen LogP contribution in [0.15, 0.2) is 24.3 Å². The molecule has 8 nitrogen and oxygen atoms in total. The van der Waals surface area contributed by atoms with Gasteiger partial charge in [0.05, 0.1) is 12.2 Å². The van der Waals surface area contributed by atoms with Gasteiger partial charge in [0, 0.05) is 42.8 Å². The number of aliphatic carboxylic acids is 2. The molecule has 2 heterocycles.